The predicted octanol–water partition coefficient (Wildman–Crippen LogP) is 1.39. The Hall–Kier alpha value is -1.86. The number of benzene rings is 1. The van der Waals surface area contributed by atoms with Gasteiger partial charge in [-0.05, 0) is 22.6 Å². The van der Waals surface area contributed by atoms with Gasteiger partial charge in [0.1, 0.15) is 12.4 Å². The van der Waals surface area contributed by atoms with Crippen LogP contribution in [0.5, 0.6) is 5.75 Å². The molecule has 0 saturated carbocycles. The third kappa shape index (κ3) is 4.36. The molecule has 1 aromatic carbocycles. The zero-order valence-electron chi connectivity index (χ0n) is 10.9. The number of hydrogen-bond donors (Lipinski definition) is 1. The number of allylic oxidation sites excluding steroid dienone is 1. The minimum atomic E-state index is -0.589. The maximum atomic E-state index is 9.89. The number of aliphatic hydroxyl groups is 1. The topological polar surface area (TPSA) is 73.1 Å². The Morgan fingerprint density at radius 3 is 2.95 bits per heavy atom. The van der Waals surface area contributed by atoms with Gasteiger partial charge >= 0.3 is 0 Å². The molecule has 0 saturated heterocycles. The lowest BCUT2D eigenvalue weighted by molar-refractivity contribution is 0.126. The molecular weight excluding hydrogens is 276 g/mol. The van der Waals surface area contributed by atoms with Crippen molar-refractivity contribution in [2.45, 2.75) is 17.8 Å². The Labute approximate surface area is 121 Å². The van der Waals surface area contributed by atoms with E-state index in [9.17, 15) is 5.11 Å². The van der Waals surface area contributed by atoms with Gasteiger partial charge in [0.05, 0.1) is 12.6 Å². The number of thioether (sulfide) groups is 1. The van der Waals surface area contributed by atoms with Crippen LogP contribution in [0.4, 0.5) is 0 Å². The minimum Gasteiger partial charge on any atom is -0.491 e. The van der Waals surface area contributed by atoms with Crippen LogP contribution in [0, 0.1) is 0 Å². The molecule has 1 heterocycles. The third-order valence-electron chi connectivity index (χ3n) is 2.39. The van der Waals surface area contributed by atoms with Gasteiger partial charge in [-0.25, -0.2) is 4.68 Å². The lowest BCUT2D eigenvalue weighted by atomic mass is 10.3. The highest BCUT2D eigenvalue weighted by atomic mass is 32.2. The second kappa shape index (κ2) is 7.66. The number of aromatic nitrogens is 4. The fraction of sp³-hybridized carbons (Fsp3) is 0.308. The first kappa shape index (κ1) is 14.5. The molecule has 20 heavy (non-hydrogen) atoms. The highest BCUT2D eigenvalue weighted by Crippen LogP contribution is 2.16. The second-order valence-corrected chi connectivity index (χ2v) is 5.01. The van der Waals surface area contributed by atoms with Gasteiger partial charge in [-0.1, -0.05) is 36.0 Å². The molecule has 0 aliphatic rings. The largest absolute Gasteiger partial charge is 0.491 e. The smallest absolute Gasteiger partial charge is 0.209 e. The summed E-state index contributed by atoms with van der Waals surface area (Å²) < 4.78 is 7.10. The maximum absolute atomic E-state index is 9.89. The van der Waals surface area contributed by atoms with E-state index in [1.807, 2.05) is 30.3 Å². The molecule has 106 valence electrons. The van der Waals surface area contributed by atoms with E-state index >= 15 is 0 Å². The summed E-state index contributed by atoms with van der Waals surface area (Å²) in [7, 11) is 0. The summed E-state index contributed by atoms with van der Waals surface area (Å²) in [4.78, 5) is 0. The van der Waals surface area contributed by atoms with E-state index in [4.69, 9.17) is 4.74 Å². The highest BCUT2D eigenvalue weighted by molar-refractivity contribution is 7.99. The van der Waals surface area contributed by atoms with Crippen molar-refractivity contribution in [3.63, 3.8) is 0 Å². The molecule has 1 atom stereocenters. The molecule has 0 unspecified atom stereocenters. The number of para-hydroxylation sites is 1. The number of tetrazole rings is 1. The highest BCUT2D eigenvalue weighted by Gasteiger charge is 2.10. The fourth-order valence-electron chi connectivity index (χ4n) is 1.46. The molecule has 0 fully saturated rings. The average molecular weight is 292 g/mol. The molecule has 0 aliphatic carbocycles. The van der Waals surface area contributed by atoms with Crippen LogP contribution in [0.15, 0.2) is 48.1 Å². The molecule has 0 amide bonds. The van der Waals surface area contributed by atoms with Crippen molar-refractivity contribution in [2.24, 2.45) is 0 Å². The Bertz CT molecular complexity index is 532. The summed E-state index contributed by atoms with van der Waals surface area (Å²) in [6.45, 7) is 4.42. The summed E-state index contributed by atoms with van der Waals surface area (Å²) in [5, 5.41) is 21.9. The van der Waals surface area contributed by atoms with Crippen LogP contribution in [-0.4, -0.2) is 43.8 Å². The molecule has 0 radical (unpaired) electrons. The molecule has 0 bridgehead atoms. The summed E-state index contributed by atoms with van der Waals surface area (Å²) in [5.74, 6) is 1.21. The van der Waals surface area contributed by atoms with E-state index < -0.39 is 6.10 Å². The lowest BCUT2D eigenvalue weighted by Crippen LogP contribution is -2.20. The van der Waals surface area contributed by atoms with Gasteiger partial charge in [0.2, 0.25) is 5.16 Å². The van der Waals surface area contributed by atoms with Crippen LogP contribution in [0.25, 0.3) is 0 Å². The number of ether oxygens (including phenoxy) is 1. The Morgan fingerprint density at radius 2 is 2.20 bits per heavy atom. The molecule has 0 spiro atoms. The van der Waals surface area contributed by atoms with Gasteiger partial charge in [-0.15, -0.1) is 11.7 Å². The monoisotopic (exact) mass is 292 g/mol. The minimum absolute atomic E-state index is 0.236. The van der Waals surface area contributed by atoms with Gasteiger partial charge in [-0.2, -0.15) is 0 Å². The molecule has 2 rings (SSSR count). The standard InChI is InChI=1S/C13H16N4O2S/c1-2-8-17-13(14-15-16-17)20-10-11(18)9-19-12-6-4-3-5-7-12/h2-7,11,18H,1,8-10H2/t11-/m0/s1. The molecular formula is C13H16N4O2S. The number of aliphatic hydroxyl groups excluding tert-OH is 1. The van der Waals surface area contributed by atoms with Crippen molar-refractivity contribution in [3.8, 4) is 5.75 Å². The second-order valence-electron chi connectivity index (χ2n) is 4.02. The Kier molecular flexibility index (Phi) is 5.57. The van der Waals surface area contributed by atoms with Crippen molar-refractivity contribution in [2.75, 3.05) is 12.4 Å². The Morgan fingerprint density at radius 1 is 1.40 bits per heavy atom. The van der Waals surface area contributed by atoms with E-state index in [-0.39, 0.29) is 6.61 Å². The van der Waals surface area contributed by atoms with Crippen molar-refractivity contribution in [3.05, 3.63) is 43.0 Å². The number of rotatable bonds is 8. The van der Waals surface area contributed by atoms with Gasteiger partial charge in [0.15, 0.2) is 0 Å². The lowest BCUT2D eigenvalue weighted by Gasteiger charge is -2.11. The van der Waals surface area contributed by atoms with Crippen molar-refractivity contribution in [1.82, 2.24) is 20.2 Å². The van der Waals surface area contributed by atoms with Crippen molar-refractivity contribution >= 4 is 11.8 Å². The van der Waals surface area contributed by atoms with Crippen LogP contribution in [0.2, 0.25) is 0 Å². The summed E-state index contributed by atoms with van der Waals surface area (Å²) >= 11 is 1.39. The molecule has 1 aromatic heterocycles. The third-order valence-corrected chi connectivity index (χ3v) is 3.49. The van der Waals surface area contributed by atoms with Crippen LogP contribution < -0.4 is 4.74 Å². The van der Waals surface area contributed by atoms with Gasteiger partial charge in [0.25, 0.3) is 0 Å². The normalized spacial score (nSPS) is 12.1. The molecule has 1 N–H and O–H groups in total. The first-order chi connectivity index (χ1) is 9.79. The van der Waals surface area contributed by atoms with Crippen LogP contribution in [-0.2, 0) is 6.54 Å². The van der Waals surface area contributed by atoms with E-state index in [0.717, 1.165) is 5.75 Å². The number of nitrogens with zero attached hydrogens (tertiary/aromatic N) is 4. The van der Waals surface area contributed by atoms with E-state index in [1.165, 1.54) is 11.8 Å². The van der Waals surface area contributed by atoms with Gasteiger partial charge in [-0.3, -0.25) is 0 Å². The Balaban J connectivity index is 1.76. The van der Waals surface area contributed by atoms with Crippen molar-refractivity contribution < 1.29 is 9.84 Å². The summed E-state index contributed by atoms with van der Waals surface area (Å²) in [5.41, 5.74) is 0. The zero-order valence-corrected chi connectivity index (χ0v) is 11.7. The van der Waals surface area contributed by atoms with Gasteiger partial charge in [0, 0.05) is 5.75 Å². The molecule has 0 aliphatic heterocycles. The average Bonchev–Trinajstić information content (AvgIpc) is 2.92. The van der Waals surface area contributed by atoms with Crippen LogP contribution in [0.1, 0.15) is 0 Å². The van der Waals surface area contributed by atoms with E-state index in [2.05, 4.69) is 22.1 Å². The number of hydrogen-bond acceptors (Lipinski definition) is 6. The molecule has 2 aromatic rings. The van der Waals surface area contributed by atoms with E-state index in [0.29, 0.717) is 17.5 Å². The SMILES string of the molecule is C=CCn1nnnc1SC[C@@H](O)COc1ccccc1. The van der Waals surface area contributed by atoms with Gasteiger partial charge < -0.3 is 9.84 Å². The fourth-order valence-corrected chi connectivity index (χ4v) is 2.26. The predicted molar refractivity (Wildman–Crippen MR) is 76.7 cm³/mol. The zero-order chi connectivity index (χ0) is 14.2. The quantitative estimate of drug-likeness (QED) is 0.585. The first-order valence-corrected chi connectivity index (χ1v) is 7.14. The maximum Gasteiger partial charge on any atom is 0.209 e. The van der Waals surface area contributed by atoms with E-state index in [1.54, 1.807) is 10.8 Å². The summed E-state index contributed by atoms with van der Waals surface area (Å²) in [6.07, 6.45) is 1.13. The first-order valence-electron chi connectivity index (χ1n) is 6.15. The van der Waals surface area contributed by atoms with Crippen LogP contribution >= 0.6 is 11.8 Å². The van der Waals surface area contributed by atoms with Crippen LogP contribution in [0.3, 0.4) is 0 Å². The summed E-state index contributed by atoms with van der Waals surface area (Å²) in [6, 6.07) is 9.40. The van der Waals surface area contributed by atoms with Crippen molar-refractivity contribution in [1.29, 1.82) is 0 Å². The molecule has 7 heteroatoms. The molecule has 6 nitrogen and oxygen atoms in total.